The highest BCUT2D eigenvalue weighted by atomic mass is 16.6. The zero-order valence-corrected chi connectivity index (χ0v) is 11.1. The molecule has 0 atom stereocenters. The van der Waals surface area contributed by atoms with Crippen molar-refractivity contribution in [1.29, 1.82) is 0 Å². The van der Waals surface area contributed by atoms with Crippen LogP contribution < -0.4 is 5.43 Å². The van der Waals surface area contributed by atoms with Crippen LogP contribution in [0.5, 0.6) is 0 Å². The van der Waals surface area contributed by atoms with Crippen molar-refractivity contribution in [3.05, 3.63) is 30.2 Å². The lowest BCUT2D eigenvalue weighted by Gasteiger charge is -2.18. The van der Waals surface area contributed by atoms with Gasteiger partial charge in [-0.05, 0) is 52.0 Å². The summed E-state index contributed by atoms with van der Waals surface area (Å²) in [5, 5.41) is 3.87. The summed E-state index contributed by atoms with van der Waals surface area (Å²) in [6.07, 6.45) is 4.50. The van der Waals surface area contributed by atoms with E-state index >= 15 is 0 Å². The lowest BCUT2D eigenvalue weighted by atomic mass is 10.2. The Labute approximate surface area is 107 Å². The van der Waals surface area contributed by atoms with Gasteiger partial charge in [0, 0.05) is 0 Å². The lowest BCUT2D eigenvalue weighted by molar-refractivity contribution is 0.0529. The van der Waals surface area contributed by atoms with Crippen molar-refractivity contribution < 1.29 is 13.9 Å². The molecule has 0 unspecified atom stereocenters. The third-order valence-corrected chi connectivity index (χ3v) is 1.75. The summed E-state index contributed by atoms with van der Waals surface area (Å²) in [7, 11) is 0. The maximum atomic E-state index is 11.3. The Bertz CT molecular complexity index is 439. The van der Waals surface area contributed by atoms with Gasteiger partial charge >= 0.3 is 6.09 Å². The third-order valence-electron chi connectivity index (χ3n) is 1.75. The fourth-order valence-corrected chi connectivity index (χ4v) is 1.06. The van der Waals surface area contributed by atoms with Crippen molar-refractivity contribution in [2.24, 2.45) is 5.10 Å². The van der Waals surface area contributed by atoms with Crippen molar-refractivity contribution >= 4 is 17.9 Å². The minimum atomic E-state index is -0.576. The molecule has 5 heteroatoms. The van der Waals surface area contributed by atoms with E-state index in [1.165, 1.54) is 0 Å². The van der Waals surface area contributed by atoms with Crippen molar-refractivity contribution in [3.63, 3.8) is 0 Å². The van der Waals surface area contributed by atoms with Gasteiger partial charge in [0.15, 0.2) is 0 Å². The number of hydrogen-bond acceptors (Lipinski definition) is 4. The van der Waals surface area contributed by atoms with Crippen LogP contribution in [0.25, 0.3) is 6.08 Å². The molecule has 0 radical (unpaired) electrons. The van der Waals surface area contributed by atoms with Gasteiger partial charge in [-0.1, -0.05) is 0 Å². The Morgan fingerprint density at radius 3 is 2.78 bits per heavy atom. The summed E-state index contributed by atoms with van der Waals surface area (Å²) in [5.41, 5.74) is 2.42. The lowest BCUT2D eigenvalue weighted by Crippen LogP contribution is -2.30. The average molecular weight is 250 g/mol. The number of allylic oxidation sites excluding steroid dienone is 1. The smallest absolute Gasteiger partial charge is 0.428 e. The topological polar surface area (TPSA) is 63.8 Å². The van der Waals surface area contributed by atoms with E-state index in [0.717, 1.165) is 5.76 Å². The Morgan fingerprint density at radius 1 is 1.50 bits per heavy atom. The zero-order valence-electron chi connectivity index (χ0n) is 11.1. The molecule has 1 N–H and O–H groups in total. The maximum Gasteiger partial charge on any atom is 0.428 e. The summed E-state index contributed by atoms with van der Waals surface area (Å²) >= 11 is 0. The molecule has 0 aliphatic rings. The molecule has 0 saturated heterocycles. The zero-order chi connectivity index (χ0) is 13.6. The second kappa shape index (κ2) is 6.05. The summed E-state index contributed by atoms with van der Waals surface area (Å²) in [6.45, 7) is 7.14. The fraction of sp³-hybridized carbons (Fsp3) is 0.385. The summed E-state index contributed by atoms with van der Waals surface area (Å²) in [5.74, 6) is 0.724. The van der Waals surface area contributed by atoms with Gasteiger partial charge in [-0.15, -0.1) is 0 Å². The molecule has 1 rings (SSSR count). The van der Waals surface area contributed by atoms with E-state index < -0.39 is 11.7 Å². The van der Waals surface area contributed by atoms with Crippen LogP contribution in [0.4, 0.5) is 4.79 Å². The second-order valence-corrected chi connectivity index (χ2v) is 4.72. The molecule has 0 aliphatic heterocycles. The van der Waals surface area contributed by atoms with Crippen LogP contribution in [0.15, 0.2) is 34.0 Å². The van der Waals surface area contributed by atoms with Crippen LogP contribution in [0.1, 0.15) is 33.5 Å². The molecule has 98 valence electrons. The highest BCUT2D eigenvalue weighted by Crippen LogP contribution is 2.06. The summed E-state index contributed by atoms with van der Waals surface area (Å²) < 4.78 is 10.2. The van der Waals surface area contributed by atoms with E-state index in [1.54, 1.807) is 52.2 Å². The number of carbonyl (C=O) groups excluding carboxylic acids is 1. The molecule has 0 aliphatic carbocycles. The number of amides is 1. The number of rotatable bonds is 3. The number of hydrogen-bond donors (Lipinski definition) is 1. The van der Waals surface area contributed by atoms with Gasteiger partial charge in [0.25, 0.3) is 0 Å². The molecule has 0 fully saturated rings. The molecule has 5 nitrogen and oxygen atoms in total. The predicted octanol–water partition coefficient (Wildman–Crippen LogP) is 3.19. The van der Waals surface area contributed by atoms with Crippen LogP contribution >= 0.6 is 0 Å². The fourth-order valence-electron chi connectivity index (χ4n) is 1.06. The van der Waals surface area contributed by atoms with Gasteiger partial charge in [-0.3, -0.25) is 0 Å². The number of carbonyl (C=O) groups is 1. The molecular weight excluding hydrogens is 232 g/mol. The highest BCUT2D eigenvalue weighted by molar-refractivity contribution is 5.96. The predicted molar refractivity (Wildman–Crippen MR) is 70.2 cm³/mol. The first kappa shape index (κ1) is 14.0. The Morgan fingerprint density at radius 2 is 2.22 bits per heavy atom. The molecule has 1 amide bonds. The molecule has 18 heavy (non-hydrogen) atoms. The second-order valence-electron chi connectivity index (χ2n) is 4.72. The molecule has 0 spiro atoms. The van der Waals surface area contributed by atoms with Crippen molar-refractivity contribution in [3.8, 4) is 0 Å². The van der Waals surface area contributed by atoms with Gasteiger partial charge in [-0.2, -0.15) is 5.10 Å². The summed E-state index contributed by atoms with van der Waals surface area (Å²) in [6, 6.07) is 3.62. The van der Waals surface area contributed by atoms with Gasteiger partial charge < -0.3 is 9.15 Å². The molecular formula is C13H18N2O3. The van der Waals surface area contributed by atoms with Crippen LogP contribution in [0.3, 0.4) is 0 Å². The third kappa shape index (κ3) is 5.89. The molecule has 0 saturated carbocycles. The van der Waals surface area contributed by atoms with E-state index in [2.05, 4.69) is 10.5 Å². The number of ether oxygens (including phenoxy) is 1. The first-order valence-corrected chi connectivity index (χ1v) is 5.62. The molecule has 1 heterocycles. The summed E-state index contributed by atoms with van der Waals surface area (Å²) in [4.78, 5) is 11.3. The highest BCUT2D eigenvalue weighted by Gasteiger charge is 2.15. The van der Waals surface area contributed by atoms with E-state index in [4.69, 9.17) is 9.15 Å². The molecule has 0 aromatic carbocycles. The van der Waals surface area contributed by atoms with Crippen molar-refractivity contribution in [1.82, 2.24) is 5.43 Å². The minimum Gasteiger partial charge on any atom is -0.465 e. The largest absolute Gasteiger partial charge is 0.465 e. The Balaban J connectivity index is 2.45. The molecule has 1 aromatic rings. The number of hydrazone groups is 1. The standard InChI is InChI=1S/C13H18N2O3/c1-10(7-8-11-6-5-9-17-11)14-15-12(16)18-13(2,3)4/h5-9H,1-4H3,(H,15,16)/b8-7+,14-10-. The first-order chi connectivity index (χ1) is 8.37. The van der Waals surface area contributed by atoms with Gasteiger partial charge in [-0.25, -0.2) is 10.2 Å². The van der Waals surface area contributed by atoms with Crippen molar-refractivity contribution in [2.45, 2.75) is 33.3 Å². The SMILES string of the molecule is CC(/C=C/c1ccco1)=N/NC(=O)OC(C)(C)C. The van der Waals surface area contributed by atoms with Gasteiger partial charge in [0.2, 0.25) is 0 Å². The van der Waals surface area contributed by atoms with Crippen LogP contribution in [0.2, 0.25) is 0 Å². The molecule has 0 bridgehead atoms. The first-order valence-electron chi connectivity index (χ1n) is 5.62. The molecule has 1 aromatic heterocycles. The average Bonchev–Trinajstić information content (AvgIpc) is 2.74. The van der Waals surface area contributed by atoms with Crippen LogP contribution in [-0.2, 0) is 4.74 Å². The quantitative estimate of drug-likeness (QED) is 0.661. The number of furan rings is 1. The monoisotopic (exact) mass is 250 g/mol. The Kier molecular flexibility index (Phi) is 4.71. The van der Waals surface area contributed by atoms with E-state index in [-0.39, 0.29) is 0 Å². The normalized spacial score (nSPS) is 12.8. The van der Waals surface area contributed by atoms with E-state index in [1.807, 2.05) is 6.07 Å². The minimum absolute atomic E-state index is 0.530. The van der Waals surface area contributed by atoms with Crippen LogP contribution in [-0.4, -0.2) is 17.4 Å². The van der Waals surface area contributed by atoms with Crippen LogP contribution in [0, 0.1) is 0 Å². The number of nitrogens with zero attached hydrogens (tertiary/aromatic N) is 1. The van der Waals surface area contributed by atoms with E-state index in [9.17, 15) is 4.79 Å². The van der Waals surface area contributed by atoms with Gasteiger partial charge in [0.1, 0.15) is 11.4 Å². The number of nitrogens with one attached hydrogen (secondary N) is 1. The maximum absolute atomic E-state index is 11.3. The Hall–Kier alpha value is -2.04. The van der Waals surface area contributed by atoms with Gasteiger partial charge in [0.05, 0.1) is 12.0 Å². The van der Waals surface area contributed by atoms with E-state index in [0.29, 0.717) is 5.71 Å². The van der Waals surface area contributed by atoms with Crippen molar-refractivity contribution in [2.75, 3.05) is 0 Å².